The summed E-state index contributed by atoms with van der Waals surface area (Å²) < 4.78 is 7.25. The van der Waals surface area contributed by atoms with Crippen LogP contribution in [0.15, 0.2) is 36.4 Å². The highest BCUT2D eigenvalue weighted by Gasteiger charge is 2.26. The van der Waals surface area contributed by atoms with E-state index in [0.717, 1.165) is 5.56 Å². The Balaban J connectivity index is 0.00000192. The van der Waals surface area contributed by atoms with Gasteiger partial charge in [0.2, 0.25) is 0 Å². The van der Waals surface area contributed by atoms with E-state index in [1.807, 2.05) is 13.0 Å². The Hall–Kier alpha value is -1.62. The zero-order valence-corrected chi connectivity index (χ0v) is 15.0. The van der Waals surface area contributed by atoms with Crippen LogP contribution in [-0.4, -0.2) is 13.1 Å². The Labute approximate surface area is 145 Å². The van der Waals surface area contributed by atoms with Crippen molar-refractivity contribution in [1.29, 1.82) is 0 Å². The van der Waals surface area contributed by atoms with Crippen LogP contribution in [-0.2, 0) is 15.1 Å². The fourth-order valence-electron chi connectivity index (χ4n) is 2.72. The third kappa shape index (κ3) is 3.34. The van der Waals surface area contributed by atoms with E-state index in [9.17, 15) is 4.79 Å². The Morgan fingerprint density at radius 1 is 1.17 bits per heavy atom. The molecule has 3 rings (SSSR count). The molecule has 0 radical (unpaired) electrons. The lowest BCUT2D eigenvalue weighted by molar-refractivity contribution is -0.141. The number of methoxy groups -OCH3 is 1. The van der Waals surface area contributed by atoms with E-state index in [2.05, 4.69) is 37.3 Å². The average molecular weight is 350 g/mol. The van der Waals surface area contributed by atoms with Crippen LogP contribution in [0.1, 0.15) is 24.5 Å². The molecule has 0 unspecified atom stereocenters. The topological polar surface area (TPSA) is 52.3 Å². The summed E-state index contributed by atoms with van der Waals surface area (Å²) in [4.78, 5) is 11.6. The van der Waals surface area contributed by atoms with E-state index in [0.29, 0.717) is 0 Å². The molecule has 5 heteroatoms. The largest absolute Gasteiger partial charge is 0.469 e. The molecule has 0 saturated carbocycles. The van der Waals surface area contributed by atoms with E-state index in [1.165, 1.54) is 32.8 Å². The predicted octanol–water partition coefficient (Wildman–Crippen LogP) is 4.52. The van der Waals surface area contributed by atoms with Gasteiger partial charge in [0.25, 0.3) is 0 Å². The van der Waals surface area contributed by atoms with Crippen molar-refractivity contribution in [2.75, 3.05) is 7.11 Å². The van der Waals surface area contributed by atoms with Crippen LogP contribution >= 0.6 is 23.7 Å². The van der Waals surface area contributed by atoms with Gasteiger partial charge in [-0.3, -0.25) is 4.79 Å². The van der Waals surface area contributed by atoms with Crippen LogP contribution in [0.5, 0.6) is 0 Å². The van der Waals surface area contributed by atoms with Gasteiger partial charge in [-0.05, 0) is 43.7 Å². The Morgan fingerprint density at radius 3 is 2.43 bits per heavy atom. The summed E-state index contributed by atoms with van der Waals surface area (Å²) >= 11 is 1.78. The summed E-state index contributed by atoms with van der Waals surface area (Å²) in [6.45, 7) is 3.96. The van der Waals surface area contributed by atoms with Crippen LogP contribution in [0.4, 0.5) is 0 Å². The maximum absolute atomic E-state index is 11.6. The Morgan fingerprint density at radius 2 is 1.78 bits per heavy atom. The van der Waals surface area contributed by atoms with Crippen LogP contribution in [0.3, 0.4) is 0 Å². The molecule has 0 aliphatic rings. The number of hydrogen-bond acceptors (Lipinski definition) is 4. The third-order valence-electron chi connectivity index (χ3n) is 4.02. The van der Waals surface area contributed by atoms with Gasteiger partial charge in [-0.25, -0.2) is 0 Å². The number of benzene rings is 2. The van der Waals surface area contributed by atoms with Gasteiger partial charge in [0, 0.05) is 25.7 Å². The van der Waals surface area contributed by atoms with Gasteiger partial charge in [0.15, 0.2) is 0 Å². The maximum atomic E-state index is 11.6. The van der Waals surface area contributed by atoms with E-state index in [4.69, 9.17) is 10.5 Å². The van der Waals surface area contributed by atoms with Crippen molar-refractivity contribution in [2.45, 2.75) is 25.8 Å². The first-order valence-corrected chi connectivity index (χ1v) is 8.01. The minimum absolute atomic E-state index is 0. The summed E-state index contributed by atoms with van der Waals surface area (Å²) in [5.74, 6) is -0.295. The second kappa shape index (κ2) is 6.48. The summed E-state index contributed by atoms with van der Waals surface area (Å²) in [6.07, 6.45) is 0.163. The van der Waals surface area contributed by atoms with E-state index < -0.39 is 5.54 Å². The lowest BCUT2D eigenvalue weighted by Crippen LogP contribution is -2.35. The number of fused-ring (bicyclic) bond motifs is 3. The molecule has 0 aliphatic carbocycles. The second-order valence-electron chi connectivity index (χ2n) is 5.98. The SMILES string of the molecule is COC(=O)C[C@](C)(N)c1ccc2sc3ccc(C)cc3c2c1.Cl. The van der Waals surface area contributed by atoms with Crippen LogP contribution in [0.25, 0.3) is 20.2 Å². The van der Waals surface area contributed by atoms with Crippen LogP contribution < -0.4 is 5.73 Å². The van der Waals surface area contributed by atoms with Crippen molar-refractivity contribution in [2.24, 2.45) is 5.73 Å². The van der Waals surface area contributed by atoms with Crippen LogP contribution in [0.2, 0.25) is 0 Å². The molecular formula is C18H20ClNO2S. The van der Waals surface area contributed by atoms with Crippen molar-refractivity contribution in [3.05, 3.63) is 47.5 Å². The molecule has 0 aliphatic heterocycles. The number of carbonyl (C=O) groups excluding carboxylic acids is 1. The smallest absolute Gasteiger partial charge is 0.307 e. The summed E-state index contributed by atoms with van der Waals surface area (Å²) in [7, 11) is 1.39. The van der Waals surface area contributed by atoms with Crippen molar-refractivity contribution in [3.63, 3.8) is 0 Å². The number of ether oxygens (including phenoxy) is 1. The molecule has 3 aromatic rings. The van der Waals surface area contributed by atoms with Gasteiger partial charge < -0.3 is 10.5 Å². The zero-order valence-electron chi connectivity index (χ0n) is 13.4. The number of aryl methyl sites for hydroxylation is 1. The van der Waals surface area contributed by atoms with Crippen molar-refractivity contribution < 1.29 is 9.53 Å². The molecule has 2 aromatic carbocycles. The summed E-state index contributed by atoms with van der Waals surface area (Å²) in [6, 6.07) is 12.7. The van der Waals surface area contributed by atoms with Crippen molar-refractivity contribution >= 4 is 49.9 Å². The molecule has 0 amide bonds. The molecule has 1 atom stereocenters. The first-order chi connectivity index (χ1) is 10.4. The number of esters is 1. The lowest BCUT2D eigenvalue weighted by Gasteiger charge is -2.24. The zero-order chi connectivity index (χ0) is 15.9. The molecule has 0 fully saturated rings. The fraction of sp³-hybridized carbons (Fsp3) is 0.278. The molecule has 0 saturated heterocycles. The molecule has 1 heterocycles. The lowest BCUT2D eigenvalue weighted by atomic mass is 9.89. The minimum atomic E-state index is -0.737. The molecule has 122 valence electrons. The molecule has 23 heavy (non-hydrogen) atoms. The maximum Gasteiger partial charge on any atom is 0.307 e. The fourth-order valence-corrected chi connectivity index (χ4v) is 3.79. The predicted molar refractivity (Wildman–Crippen MR) is 99.5 cm³/mol. The highest BCUT2D eigenvalue weighted by atomic mass is 35.5. The van der Waals surface area contributed by atoms with E-state index >= 15 is 0 Å². The van der Waals surface area contributed by atoms with Gasteiger partial charge in [-0.1, -0.05) is 17.7 Å². The third-order valence-corrected chi connectivity index (χ3v) is 5.18. The second-order valence-corrected chi connectivity index (χ2v) is 7.07. The highest BCUT2D eigenvalue weighted by Crippen LogP contribution is 2.36. The number of hydrogen-bond donors (Lipinski definition) is 1. The minimum Gasteiger partial charge on any atom is -0.469 e. The van der Waals surface area contributed by atoms with Gasteiger partial charge >= 0.3 is 5.97 Å². The Kier molecular flexibility index (Phi) is 4.99. The first-order valence-electron chi connectivity index (χ1n) is 7.20. The number of carbonyl (C=O) groups is 1. The van der Waals surface area contributed by atoms with Gasteiger partial charge in [0.1, 0.15) is 0 Å². The number of halogens is 1. The number of thiophene rings is 1. The van der Waals surface area contributed by atoms with Crippen molar-refractivity contribution in [3.8, 4) is 0 Å². The number of nitrogens with two attached hydrogens (primary N) is 1. The van der Waals surface area contributed by atoms with E-state index in [1.54, 1.807) is 11.3 Å². The molecule has 0 bridgehead atoms. The van der Waals surface area contributed by atoms with Crippen molar-refractivity contribution in [1.82, 2.24) is 0 Å². The number of rotatable bonds is 3. The molecule has 1 aromatic heterocycles. The van der Waals surface area contributed by atoms with Crippen LogP contribution in [0, 0.1) is 6.92 Å². The summed E-state index contributed by atoms with van der Waals surface area (Å²) in [5.41, 5.74) is 7.80. The normalized spacial score (nSPS) is 13.6. The molecular weight excluding hydrogens is 330 g/mol. The molecule has 0 spiro atoms. The highest BCUT2D eigenvalue weighted by molar-refractivity contribution is 7.25. The monoisotopic (exact) mass is 349 g/mol. The molecule has 3 nitrogen and oxygen atoms in total. The Bertz CT molecular complexity index is 870. The van der Waals surface area contributed by atoms with Gasteiger partial charge in [0.05, 0.1) is 13.5 Å². The quantitative estimate of drug-likeness (QED) is 0.707. The standard InChI is InChI=1S/C18H19NO2S.ClH/c1-11-4-6-15-13(8-11)14-9-12(5-7-16(14)22-15)18(2,19)10-17(20)21-3;/h4-9H,10,19H2,1-3H3;1H/t18-;/m0./s1. The molecule has 2 N–H and O–H groups in total. The van der Waals surface area contributed by atoms with Gasteiger partial charge in [-0.15, -0.1) is 23.7 Å². The first kappa shape index (κ1) is 17.7. The van der Waals surface area contributed by atoms with Gasteiger partial charge in [-0.2, -0.15) is 0 Å². The average Bonchev–Trinajstić information content (AvgIpc) is 2.83. The van der Waals surface area contributed by atoms with E-state index in [-0.39, 0.29) is 24.8 Å². The summed E-state index contributed by atoms with van der Waals surface area (Å²) in [5, 5.41) is 2.44.